The Labute approximate surface area is 160 Å². The van der Waals surface area contributed by atoms with Crippen LogP contribution in [0.1, 0.15) is 28.4 Å². The third-order valence-corrected chi connectivity index (χ3v) is 4.95. The van der Waals surface area contributed by atoms with Gasteiger partial charge in [0.1, 0.15) is 18.3 Å². The topological polar surface area (TPSA) is 109 Å². The number of benzene rings is 1. The van der Waals surface area contributed by atoms with Crippen molar-refractivity contribution in [3.63, 3.8) is 0 Å². The molecule has 0 radical (unpaired) electrons. The van der Waals surface area contributed by atoms with Gasteiger partial charge in [0, 0.05) is 18.0 Å². The first-order valence-electron chi connectivity index (χ1n) is 8.87. The Morgan fingerprint density at radius 3 is 2.79 bits per heavy atom. The van der Waals surface area contributed by atoms with Gasteiger partial charge in [-0.2, -0.15) is 0 Å². The molecule has 9 nitrogen and oxygen atoms in total. The van der Waals surface area contributed by atoms with Crippen LogP contribution in [0.15, 0.2) is 47.5 Å². The fourth-order valence-corrected chi connectivity index (χ4v) is 3.48. The molecule has 2 fully saturated rings. The molecule has 5 atom stereocenters. The Hall–Kier alpha value is -2.59. The van der Waals surface area contributed by atoms with Gasteiger partial charge < -0.3 is 28.6 Å². The molecule has 3 heterocycles. The molecule has 9 heteroatoms. The number of ether oxygens (including phenoxy) is 4. The number of rotatable bonds is 3. The molecule has 2 aliphatic rings. The number of fused-ring (bicyclic) bond motifs is 1. The van der Waals surface area contributed by atoms with Crippen LogP contribution >= 0.6 is 0 Å². The van der Waals surface area contributed by atoms with Crippen LogP contribution in [0.2, 0.25) is 0 Å². The number of esters is 1. The minimum absolute atomic E-state index is 0.0651. The average molecular weight is 388 g/mol. The SMILES string of the molecule is COC(=O)c1nccn([C@H]2CO[C@@H]3COC(c4ccccc4)O[C@H]3[C@@H]2O)c1=O. The third-order valence-electron chi connectivity index (χ3n) is 4.95. The van der Waals surface area contributed by atoms with Crippen molar-refractivity contribution in [1.29, 1.82) is 0 Å². The Morgan fingerprint density at radius 1 is 1.25 bits per heavy atom. The maximum Gasteiger partial charge on any atom is 0.362 e. The zero-order valence-corrected chi connectivity index (χ0v) is 15.1. The Balaban J connectivity index is 1.59. The maximum atomic E-state index is 12.6. The summed E-state index contributed by atoms with van der Waals surface area (Å²) >= 11 is 0. The molecule has 0 amide bonds. The molecule has 1 aromatic carbocycles. The van der Waals surface area contributed by atoms with E-state index in [-0.39, 0.29) is 18.9 Å². The molecule has 0 bridgehead atoms. The minimum atomic E-state index is -1.04. The highest BCUT2D eigenvalue weighted by atomic mass is 16.7. The van der Waals surface area contributed by atoms with Crippen molar-refractivity contribution in [2.45, 2.75) is 30.6 Å². The fourth-order valence-electron chi connectivity index (χ4n) is 3.48. The van der Waals surface area contributed by atoms with Crippen molar-refractivity contribution in [3.8, 4) is 0 Å². The van der Waals surface area contributed by atoms with Crippen LogP contribution in [0.5, 0.6) is 0 Å². The first-order chi connectivity index (χ1) is 13.6. The normalized spacial score (nSPS) is 29.7. The van der Waals surface area contributed by atoms with Gasteiger partial charge in [-0.3, -0.25) is 4.79 Å². The zero-order valence-electron chi connectivity index (χ0n) is 15.1. The second kappa shape index (κ2) is 7.80. The second-order valence-electron chi connectivity index (χ2n) is 6.59. The van der Waals surface area contributed by atoms with Crippen molar-refractivity contribution in [1.82, 2.24) is 9.55 Å². The van der Waals surface area contributed by atoms with E-state index in [1.54, 1.807) is 0 Å². The number of hydrogen-bond acceptors (Lipinski definition) is 8. The van der Waals surface area contributed by atoms with E-state index < -0.39 is 42.2 Å². The van der Waals surface area contributed by atoms with Gasteiger partial charge in [-0.25, -0.2) is 9.78 Å². The van der Waals surface area contributed by atoms with Gasteiger partial charge in [0.15, 0.2) is 6.29 Å². The van der Waals surface area contributed by atoms with E-state index in [1.165, 1.54) is 24.1 Å². The van der Waals surface area contributed by atoms with Gasteiger partial charge in [-0.1, -0.05) is 30.3 Å². The fraction of sp³-hybridized carbons (Fsp3) is 0.421. The van der Waals surface area contributed by atoms with Crippen LogP contribution in [0.4, 0.5) is 0 Å². The summed E-state index contributed by atoms with van der Waals surface area (Å²) < 4.78 is 23.3. The van der Waals surface area contributed by atoms with Crippen LogP contribution in [0.3, 0.4) is 0 Å². The van der Waals surface area contributed by atoms with Gasteiger partial charge in [0.25, 0.3) is 5.56 Å². The first-order valence-corrected chi connectivity index (χ1v) is 8.87. The van der Waals surface area contributed by atoms with Crippen molar-refractivity contribution >= 4 is 5.97 Å². The third kappa shape index (κ3) is 3.33. The van der Waals surface area contributed by atoms with Crippen molar-refractivity contribution in [2.75, 3.05) is 20.3 Å². The van der Waals surface area contributed by atoms with Gasteiger partial charge in [-0.15, -0.1) is 0 Å². The number of carbonyl (C=O) groups excluding carboxylic acids is 1. The molecule has 2 saturated heterocycles. The Kier molecular flexibility index (Phi) is 5.23. The van der Waals surface area contributed by atoms with Gasteiger partial charge in [-0.05, 0) is 0 Å². The summed E-state index contributed by atoms with van der Waals surface area (Å²) in [6.07, 6.45) is -0.119. The van der Waals surface area contributed by atoms with Gasteiger partial charge in [0.05, 0.1) is 26.4 Å². The van der Waals surface area contributed by atoms with Crippen LogP contribution in [-0.2, 0) is 18.9 Å². The summed E-state index contributed by atoms with van der Waals surface area (Å²) in [6.45, 7) is 0.322. The number of nitrogens with zero attached hydrogens (tertiary/aromatic N) is 2. The van der Waals surface area contributed by atoms with Crippen LogP contribution in [0, 0.1) is 0 Å². The Bertz CT molecular complexity index is 901. The van der Waals surface area contributed by atoms with E-state index in [0.717, 1.165) is 5.56 Å². The number of aliphatic hydroxyl groups excluding tert-OH is 1. The molecule has 1 aromatic heterocycles. The largest absolute Gasteiger partial charge is 0.464 e. The summed E-state index contributed by atoms with van der Waals surface area (Å²) in [6, 6.07) is 8.63. The summed E-state index contributed by atoms with van der Waals surface area (Å²) in [5, 5.41) is 10.9. The average Bonchev–Trinajstić information content (AvgIpc) is 2.74. The highest BCUT2D eigenvalue weighted by molar-refractivity contribution is 5.86. The van der Waals surface area contributed by atoms with E-state index in [0.29, 0.717) is 0 Å². The quantitative estimate of drug-likeness (QED) is 0.755. The molecule has 1 unspecified atom stereocenters. The van der Waals surface area contributed by atoms with E-state index in [2.05, 4.69) is 9.72 Å². The zero-order chi connectivity index (χ0) is 19.7. The van der Waals surface area contributed by atoms with Crippen molar-refractivity contribution in [3.05, 3.63) is 64.3 Å². The summed E-state index contributed by atoms with van der Waals surface area (Å²) in [7, 11) is 1.17. The predicted molar refractivity (Wildman–Crippen MR) is 94.6 cm³/mol. The minimum Gasteiger partial charge on any atom is -0.464 e. The molecule has 2 aliphatic heterocycles. The van der Waals surface area contributed by atoms with Crippen LogP contribution in [0.25, 0.3) is 0 Å². The molecule has 0 spiro atoms. The van der Waals surface area contributed by atoms with Crippen LogP contribution < -0.4 is 5.56 Å². The molecule has 4 rings (SSSR count). The number of hydrogen-bond donors (Lipinski definition) is 1. The first kappa shape index (κ1) is 18.8. The van der Waals surface area contributed by atoms with Gasteiger partial charge in [0.2, 0.25) is 5.69 Å². The lowest BCUT2D eigenvalue weighted by molar-refractivity contribution is -0.306. The van der Waals surface area contributed by atoms with Crippen LogP contribution in [-0.4, -0.2) is 59.3 Å². The highest BCUT2D eigenvalue weighted by Gasteiger charge is 2.46. The maximum absolute atomic E-state index is 12.6. The molecule has 1 N–H and O–H groups in total. The van der Waals surface area contributed by atoms with E-state index in [9.17, 15) is 14.7 Å². The molecule has 0 saturated carbocycles. The number of methoxy groups -OCH3 is 1. The second-order valence-corrected chi connectivity index (χ2v) is 6.59. The lowest BCUT2D eigenvalue weighted by atomic mass is 9.96. The molecule has 2 aromatic rings. The molecule has 28 heavy (non-hydrogen) atoms. The molecule has 0 aliphatic carbocycles. The van der Waals surface area contributed by atoms with E-state index >= 15 is 0 Å². The summed E-state index contributed by atoms with van der Waals surface area (Å²) in [4.78, 5) is 28.2. The lowest BCUT2D eigenvalue weighted by Gasteiger charge is -2.45. The van der Waals surface area contributed by atoms with E-state index in [4.69, 9.17) is 14.2 Å². The van der Waals surface area contributed by atoms with Gasteiger partial charge >= 0.3 is 5.97 Å². The van der Waals surface area contributed by atoms with Crippen molar-refractivity contribution in [2.24, 2.45) is 0 Å². The predicted octanol–water partition coefficient (Wildman–Crippen LogP) is 0.445. The smallest absolute Gasteiger partial charge is 0.362 e. The lowest BCUT2D eigenvalue weighted by Crippen LogP contribution is -2.57. The summed E-state index contributed by atoms with van der Waals surface area (Å²) in [5.74, 6) is -0.838. The summed E-state index contributed by atoms with van der Waals surface area (Å²) in [5.41, 5.74) is -0.189. The molecule has 148 valence electrons. The highest BCUT2D eigenvalue weighted by Crippen LogP contribution is 2.34. The molecular weight excluding hydrogens is 368 g/mol. The monoisotopic (exact) mass is 388 g/mol. The Morgan fingerprint density at radius 2 is 2.04 bits per heavy atom. The number of aromatic nitrogens is 2. The van der Waals surface area contributed by atoms with E-state index in [1.807, 2.05) is 30.3 Å². The number of aliphatic hydroxyl groups is 1. The standard InChI is InChI=1S/C19H20N2O7/c1-25-18(24)14-17(23)21(8-7-20-14)12-9-26-13-10-27-19(28-16(13)15(12)22)11-5-3-2-4-6-11/h2-8,12-13,15-16,19,22H,9-10H2,1H3/t12-,13+,15+,16+,19?/m0/s1. The molecular formula is C19H20N2O7. The number of carbonyl (C=O) groups is 1. The van der Waals surface area contributed by atoms with Crippen molar-refractivity contribution < 1.29 is 28.8 Å².